The molecule has 4 aromatic rings. The monoisotopic (exact) mass is 565 g/mol. The standard InChI is InChI=1S/C26H20F5N3O4S/c27-15-37-25-23(30)21(28)22(29)24(31)26(25)39(35,36)33-12-10-17(14-33)34-13-11-20(32-34)16-6-8-19(9-7-16)38-18-4-2-1-3-5-18/h1-9,11,13,17H,10,12,14-15H2/t17-/m1/s1. The van der Waals surface area contributed by atoms with E-state index in [0.717, 1.165) is 9.87 Å². The van der Waals surface area contributed by atoms with Crippen LogP contribution in [0.3, 0.4) is 0 Å². The summed E-state index contributed by atoms with van der Waals surface area (Å²) in [4.78, 5) is -1.60. The molecule has 13 heteroatoms. The molecule has 0 N–H and O–H groups in total. The quantitative estimate of drug-likeness (QED) is 0.153. The van der Waals surface area contributed by atoms with Crippen LogP contribution in [0.1, 0.15) is 12.5 Å². The van der Waals surface area contributed by atoms with Crippen molar-refractivity contribution in [3.8, 4) is 28.5 Å². The van der Waals surface area contributed by atoms with Gasteiger partial charge in [0.15, 0.2) is 22.3 Å². The van der Waals surface area contributed by atoms with E-state index in [1.54, 1.807) is 24.4 Å². The van der Waals surface area contributed by atoms with Crippen LogP contribution in [0.25, 0.3) is 11.3 Å². The van der Waals surface area contributed by atoms with E-state index in [2.05, 4.69) is 9.84 Å². The maximum Gasteiger partial charge on any atom is 0.250 e. The fraction of sp³-hybridized carbons (Fsp3) is 0.192. The number of para-hydroxylation sites is 1. The van der Waals surface area contributed by atoms with Crippen molar-refractivity contribution >= 4 is 10.0 Å². The van der Waals surface area contributed by atoms with Crippen LogP contribution in [0, 0.1) is 23.3 Å². The Hall–Kier alpha value is -3.97. The summed E-state index contributed by atoms with van der Waals surface area (Å²) in [5.74, 6) is -9.23. The molecule has 5 rings (SSSR count). The van der Waals surface area contributed by atoms with Gasteiger partial charge in [0.1, 0.15) is 11.5 Å². The van der Waals surface area contributed by atoms with Gasteiger partial charge in [-0.05, 0) is 48.9 Å². The Morgan fingerprint density at radius 1 is 0.872 bits per heavy atom. The van der Waals surface area contributed by atoms with Gasteiger partial charge < -0.3 is 9.47 Å². The largest absolute Gasteiger partial charge is 0.458 e. The first-order valence-electron chi connectivity index (χ1n) is 11.6. The highest BCUT2D eigenvalue weighted by atomic mass is 32.2. The molecule has 3 aromatic carbocycles. The zero-order valence-corrected chi connectivity index (χ0v) is 20.8. The number of nitrogens with zero attached hydrogens (tertiary/aromatic N) is 3. The minimum Gasteiger partial charge on any atom is -0.458 e. The topological polar surface area (TPSA) is 73.7 Å². The van der Waals surface area contributed by atoms with Crippen LogP contribution in [0.15, 0.2) is 71.8 Å². The van der Waals surface area contributed by atoms with Gasteiger partial charge in [-0.2, -0.15) is 13.8 Å². The highest BCUT2D eigenvalue weighted by Crippen LogP contribution is 2.38. The van der Waals surface area contributed by atoms with Crippen LogP contribution in [-0.2, 0) is 10.0 Å². The minimum atomic E-state index is -4.94. The van der Waals surface area contributed by atoms with E-state index < -0.39 is 56.8 Å². The Labute approximate surface area is 220 Å². The van der Waals surface area contributed by atoms with Gasteiger partial charge in [0.25, 0.3) is 0 Å². The number of aromatic nitrogens is 2. The first kappa shape index (κ1) is 26.6. The summed E-state index contributed by atoms with van der Waals surface area (Å²) in [5, 5.41) is 4.51. The molecule has 7 nitrogen and oxygen atoms in total. The third-order valence-electron chi connectivity index (χ3n) is 6.22. The number of hydrogen-bond acceptors (Lipinski definition) is 5. The van der Waals surface area contributed by atoms with Crippen LogP contribution < -0.4 is 9.47 Å². The highest BCUT2D eigenvalue weighted by molar-refractivity contribution is 7.89. The van der Waals surface area contributed by atoms with Gasteiger partial charge in [-0.3, -0.25) is 4.68 Å². The van der Waals surface area contributed by atoms with Gasteiger partial charge in [0.2, 0.25) is 28.5 Å². The zero-order chi connectivity index (χ0) is 27.7. The predicted molar refractivity (Wildman–Crippen MR) is 129 cm³/mol. The number of alkyl halides is 1. The molecule has 0 spiro atoms. The molecule has 0 unspecified atom stereocenters. The second-order valence-electron chi connectivity index (χ2n) is 8.59. The Morgan fingerprint density at radius 3 is 2.23 bits per heavy atom. The Bertz CT molecular complexity index is 1600. The SMILES string of the molecule is O=S(=O)(c1c(F)c(F)c(F)c(F)c1OCF)N1CC[C@@H](n2ccc(-c3ccc(Oc4ccccc4)cc3)n2)C1. The second kappa shape index (κ2) is 10.7. The van der Waals surface area contributed by atoms with Crippen LogP contribution in [0.5, 0.6) is 17.2 Å². The van der Waals surface area contributed by atoms with Crippen molar-refractivity contribution in [2.24, 2.45) is 0 Å². The molecular weight excluding hydrogens is 545 g/mol. The van der Waals surface area contributed by atoms with Gasteiger partial charge in [0.05, 0.1) is 11.7 Å². The number of rotatable bonds is 8. The third kappa shape index (κ3) is 5.06. The molecule has 39 heavy (non-hydrogen) atoms. The van der Waals surface area contributed by atoms with Gasteiger partial charge in [-0.1, -0.05) is 18.2 Å². The first-order chi connectivity index (χ1) is 18.7. The predicted octanol–water partition coefficient (Wildman–Crippen LogP) is 5.84. The maximum absolute atomic E-state index is 14.5. The summed E-state index contributed by atoms with van der Waals surface area (Å²) >= 11 is 0. The van der Waals surface area contributed by atoms with Crippen molar-refractivity contribution in [2.45, 2.75) is 17.4 Å². The summed E-state index contributed by atoms with van der Waals surface area (Å²) in [5.41, 5.74) is 1.36. The fourth-order valence-corrected chi connectivity index (χ4v) is 5.96. The molecule has 0 amide bonds. The average molecular weight is 566 g/mol. The Morgan fingerprint density at radius 2 is 1.54 bits per heavy atom. The summed E-state index contributed by atoms with van der Waals surface area (Å²) in [6.07, 6.45) is 1.87. The number of benzene rings is 3. The van der Waals surface area contributed by atoms with E-state index >= 15 is 0 Å². The molecule has 1 saturated heterocycles. The molecular formula is C26H20F5N3O4S. The third-order valence-corrected chi connectivity index (χ3v) is 8.11. The van der Waals surface area contributed by atoms with E-state index in [4.69, 9.17) is 4.74 Å². The lowest BCUT2D eigenvalue weighted by atomic mass is 10.1. The van der Waals surface area contributed by atoms with Crippen LogP contribution in [0.4, 0.5) is 22.0 Å². The lowest BCUT2D eigenvalue weighted by molar-refractivity contribution is 0.173. The van der Waals surface area contributed by atoms with Crippen LogP contribution in [0.2, 0.25) is 0 Å². The molecule has 204 valence electrons. The highest BCUT2D eigenvalue weighted by Gasteiger charge is 2.41. The van der Waals surface area contributed by atoms with E-state index in [0.29, 0.717) is 17.2 Å². The van der Waals surface area contributed by atoms with Gasteiger partial charge in [-0.25, -0.2) is 26.0 Å². The molecule has 1 aromatic heterocycles. The molecule has 1 aliphatic rings. The van der Waals surface area contributed by atoms with E-state index in [1.165, 1.54) is 4.68 Å². The van der Waals surface area contributed by atoms with Gasteiger partial charge in [0, 0.05) is 24.8 Å². The molecule has 2 heterocycles. The summed E-state index contributed by atoms with van der Waals surface area (Å²) in [7, 11) is -4.94. The normalized spacial score (nSPS) is 16.0. The number of hydrogen-bond donors (Lipinski definition) is 0. The number of sulfonamides is 1. The van der Waals surface area contributed by atoms with Crippen molar-refractivity contribution in [3.05, 3.63) is 90.1 Å². The minimum absolute atomic E-state index is 0.164. The number of halogens is 5. The lowest BCUT2D eigenvalue weighted by Crippen LogP contribution is -2.31. The molecule has 0 radical (unpaired) electrons. The summed E-state index contributed by atoms with van der Waals surface area (Å²) in [6, 6.07) is 17.6. The summed E-state index contributed by atoms with van der Waals surface area (Å²) < 4.78 is 107. The van der Waals surface area contributed by atoms with Crippen molar-refractivity contribution in [1.82, 2.24) is 14.1 Å². The number of ether oxygens (including phenoxy) is 2. The van der Waals surface area contributed by atoms with E-state index in [9.17, 15) is 30.4 Å². The van der Waals surface area contributed by atoms with E-state index in [1.807, 2.05) is 42.5 Å². The van der Waals surface area contributed by atoms with Crippen LogP contribution >= 0.6 is 0 Å². The average Bonchev–Trinajstić information content (AvgIpc) is 3.62. The molecule has 0 aliphatic carbocycles. The Balaban J connectivity index is 1.34. The first-order valence-corrected chi connectivity index (χ1v) is 13.1. The zero-order valence-electron chi connectivity index (χ0n) is 20.0. The maximum atomic E-state index is 14.5. The van der Waals surface area contributed by atoms with Gasteiger partial charge >= 0.3 is 0 Å². The molecule has 0 bridgehead atoms. The summed E-state index contributed by atoms with van der Waals surface area (Å²) in [6.45, 7) is -2.19. The molecule has 1 aliphatic heterocycles. The second-order valence-corrected chi connectivity index (χ2v) is 10.5. The Kier molecular flexibility index (Phi) is 7.28. The van der Waals surface area contributed by atoms with Crippen molar-refractivity contribution in [2.75, 3.05) is 20.0 Å². The van der Waals surface area contributed by atoms with Crippen molar-refractivity contribution in [1.29, 1.82) is 0 Å². The van der Waals surface area contributed by atoms with Crippen LogP contribution in [-0.4, -0.2) is 42.5 Å². The van der Waals surface area contributed by atoms with Gasteiger partial charge in [-0.15, -0.1) is 0 Å². The molecule has 1 fully saturated rings. The smallest absolute Gasteiger partial charge is 0.250 e. The fourth-order valence-electron chi connectivity index (χ4n) is 4.29. The lowest BCUT2D eigenvalue weighted by Gasteiger charge is -2.20. The van der Waals surface area contributed by atoms with Crippen molar-refractivity contribution in [3.63, 3.8) is 0 Å². The molecule has 0 saturated carbocycles. The van der Waals surface area contributed by atoms with E-state index in [-0.39, 0.29) is 19.5 Å². The molecule has 1 atom stereocenters. The van der Waals surface area contributed by atoms with Crippen molar-refractivity contribution < 1.29 is 39.8 Å².